The molecule has 3 rings (SSSR count). The van der Waals surface area contributed by atoms with Gasteiger partial charge in [0.2, 0.25) is 5.91 Å². The molecule has 0 bridgehead atoms. The molecule has 0 aliphatic carbocycles. The lowest BCUT2D eigenvalue weighted by atomic mass is 10.1. The Kier molecular flexibility index (Phi) is 4.20. The van der Waals surface area contributed by atoms with E-state index in [1.165, 1.54) is 11.8 Å². The van der Waals surface area contributed by atoms with Crippen molar-refractivity contribution in [3.63, 3.8) is 0 Å². The number of anilines is 2. The molecule has 0 unspecified atom stereocenters. The molecule has 118 valence electrons. The van der Waals surface area contributed by atoms with Crippen molar-refractivity contribution in [2.24, 2.45) is 0 Å². The summed E-state index contributed by atoms with van der Waals surface area (Å²) in [6, 6.07) is 9.54. The second kappa shape index (κ2) is 6.29. The Labute approximate surface area is 138 Å². The quantitative estimate of drug-likeness (QED) is 0.720. The van der Waals surface area contributed by atoms with Crippen LogP contribution in [0.25, 0.3) is 5.65 Å². The van der Waals surface area contributed by atoms with Crippen LogP contribution in [0.1, 0.15) is 11.1 Å². The number of fused-ring (bicyclic) bond motifs is 1. The molecule has 0 aliphatic rings. The molecule has 3 N–H and O–H groups in total. The highest BCUT2D eigenvalue weighted by Gasteiger charge is 2.10. The minimum Gasteiger partial charge on any atom is -0.398 e. The average molecular weight is 327 g/mol. The number of nitrogens with one attached hydrogen (secondary N) is 1. The van der Waals surface area contributed by atoms with Crippen molar-refractivity contribution in [2.75, 3.05) is 16.8 Å². The topological polar surface area (TPSA) is 85.3 Å². The van der Waals surface area contributed by atoms with E-state index in [2.05, 4.69) is 15.5 Å². The number of aryl methyl sites for hydroxylation is 2. The van der Waals surface area contributed by atoms with Crippen molar-refractivity contribution in [1.29, 1.82) is 0 Å². The zero-order valence-electron chi connectivity index (χ0n) is 12.9. The number of amides is 1. The molecule has 3 aromatic rings. The lowest BCUT2D eigenvalue weighted by Gasteiger charge is -2.09. The minimum absolute atomic E-state index is 0.0793. The van der Waals surface area contributed by atoms with Crippen LogP contribution < -0.4 is 11.1 Å². The van der Waals surface area contributed by atoms with Crippen LogP contribution in [0.15, 0.2) is 41.7 Å². The van der Waals surface area contributed by atoms with Gasteiger partial charge >= 0.3 is 0 Å². The molecule has 0 radical (unpaired) electrons. The van der Waals surface area contributed by atoms with Crippen molar-refractivity contribution >= 4 is 34.7 Å². The second-order valence-corrected chi connectivity index (χ2v) is 6.27. The number of pyridine rings is 1. The summed E-state index contributed by atoms with van der Waals surface area (Å²) in [6.07, 6.45) is 1.75. The minimum atomic E-state index is -0.0793. The predicted molar refractivity (Wildman–Crippen MR) is 92.7 cm³/mol. The van der Waals surface area contributed by atoms with E-state index >= 15 is 0 Å². The van der Waals surface area contributed by atoms with Gasteiger partial charge in [0.25, 0.3) is 0 Å². The zero-order valence-corrected chi connectivity index (χ0v) is 13.7. The van der Waals surface area contributed by atoms with Gasteiger partial charge in [0.15, 0.2) is 10.8 Å². The molecule has 0 saturated carbocycles. The zero-order chi connectivity index (χ0) is 16.4. The maximum absolute atomic E-state index is 12.2. The van der Waals surface area contributed by atoms with Gasteiger partial charge in [-0.1, -0.05) is 23.9 Å². The Morgan fingerprint density at radius 2 is 2.09 bits per heavy atom. The van der Waals surface area contributed by atoms with E-state index in [9.17, 15) is 4.79 Å². The number of benzene rings is 1. The lowest BCUT2D eigenvalue weighted by molar-refractivity contribution is -0.113. The fourth-order valence-electron chi connectivity index (χ4n) is 2.17. The maximum atomic E-state index is 12.2. The summed E-state index contributed by atoms with van der Waals surface area (Å²) >= 11 is 1.32. The molecule has 2 aromatic heterocycles. The highest BCUT2D eigenvalue weighted by molar-refractivity contribution is 7.99. The molecule has 0 saturated heterocycles. The molecular weight excluding hydrogens is 310 g/mol. The summed E-state index contributed by atoms with van der Waals surface area (Å²) in [5, 5.41) is 11.7. The van der Waals surface area contributed by atoms with E-state index in [0.717, 1.165) is 16.8 Å². The Morgan fingerprint density at radius 1 is 1.26 bits per heavy atom. The van der Waals surface area contributed by atoms with Gasteiger partial charge in [-0.3, -0.25) is 9.20 Å². The number of hydrogen-bond acceptors (Lipinski definition) is 5. The van der Waals surface area contributed by atoms with Gasteiger partial charge in [0.1, 0.15) is 0 Å². The number of carbonyl (C=O) groups is 1. The Hall–Kier alpha value is -2.54. The monoisotopic (exact) mass is 327 g/mol. The van der Waals surface area contributed by atoms with Crippen LogP contribution in [0.2, 0.25) is 0 Å². The third kappa shape index (κ3) is 3.45. The van der Waals surface area contributed by atoms with E-state index in [-0.39, 0.29) is 11.7 Å². The first-order chi connectivity index (χ1) is 11.0. The van der Waals surface area contributed by atoms with Gasteiger partial charge < -0.3 is 11.1 Å². The van der Waals surface area contributed by atoms with Crippen molar-refractivity contribution in [3.05, 3.63) is 47.7 Å². The summed E-state index contributed by atoms with van der Waals surface area (Å²) in [5.74, 6) is 0.174. The van der Waals surface area contributed by atoms with Crippen LogP contribution in [-0.2, 0) is 4.79 Å². The van der Waals surface area contributed by atoms with Crippen LogP contribution in [-0.4, -0.2) is 26.3 Å². The highest BCUT2D eigenvalue weighted by Crippen LogP contribution is 2.20. The number of aromatic nitrogens is 3. The standard InChI is InChI=1S/C16H17N5OS/c1-10-3-4-11(2)13(7-10)18-15(22)9-23-16-20-19-14-6-5-12(17)8-21(14)16/h3-8H,9,17H2,1-2H3,(H,18,22). The molecule has 0 aliphatic heterocycles. The number of nitrogen functional groups attached to an aromatic ring is 1. The van der Waals surface area contributed by atoms with Crippen molar-refractivity contribution < 1.29 is 4.79 Å². The fourth-order valence-corrected chi connectivity index (χ4v) is 2.89. The van der Waals surface area contributed by atoms with Crippen LogP contribution in [0.5, 0.6) is 0 Å². The Balaban J connectivity index is 1.68. The molecule has 0 spiro atoms. The van der Waals surface area contributed by atoms with Gasteiger partial charge in [-0.25, -0.2) is 0 Å². The largest absolute Gasteiger partial charge is 0.398 e. The Morgan fingerprint density at radius 3 is 2.91 bits per heavy atom. The summed E-state index contributed by atoms with van der Waals surface area (Å²) in [7, 11) is 0. The van der Waals surface area contributed by atoms with Gasteiger partial charge in [-0.15, -0.1) is 10.2 Å². The molecular formula is C16H17N5OS. The van der Waals surface area contributed by atoms with Gasteiger partial charge in [-0.2, -0.15) is 0 Å². The molecule has 23 heavy (non-hydrogen) atoms. The normalized spacial score (nSPS) is 10.9. The summed E-state index contributed by atoms with van der Waals surface area (Å²) in [4.78, 5) is 12.2. The van der Waals surface area contributed by atoms with Crippen LogP contribution in [0.3, 0.4) is 0 Å². The summed E-state index contributed by atoms with van der Waals surface area (Å²) in [6.45, 7) is 3.97. The summed E-state index contributed by atoms with van der Waals surface area (Å²) in [5.41, 5.74) is 10.1. The van der Waals surface area contributed by atoms with Gasteiger partial charge in [0.05, 0.1) is 5.75 Å². The molecule has 6 nitrogen and oxygen atoms in total. The fraction of sp³-hybridized carbons (Fsp3) is 0.188. The van der Waals surface area contributed by atoms with Crippen molar-refractivity contribution in [2.45, 2.75) is 19.0 Å². The maximum Gasteiger partial charge on any atom is 0.234 e. The Bertz CT molecular complexity index is 874. The number of rotatable bonds is 4. The predicted octanol–water partition coefficient (Wildman–Crippen LogP) is 2.66. The molecule has 1 aromatic carbocycles. The van der Waals surface area contributed by atoms with E-state index < -0.39 is 0 Å². The first kappa shape index (κ1) is 15.4. The van der Waals surface area contributed by atoms with E-state index in [1.807, 2.05) is 32.0 Å². The molecule has 0 fully saturated rings. The van der Waals surface area contributed by atoms with Gasteiger partial charge in [-0.05, 0) is 43.2 Å². The van der Waals surface area contributed by atoms with Gasteiger partial charge in [0, 0.05) is 17.6 Å². The molecule has 2 heterocycles. The first-order valence-electron chi connectivity index (χ1n) is 7.13. The SMILES string of the molecule is Cc1ccc(C)c(NC(=O)CSc2nnc3ccc(N)cn23)c1. The number of nitrogens with zero attached hydrogens (tertiary/aromatic N) is 3. The molecule has 7 heteroatoms. The second-order valence-electron chi connectivity index (χ2n) is 5.33. The van der Waals surface area contributed by atoms with Crippen LogP contribution >= 0.6 is 11.8 Å². The van der Waals surface area contributed by atoms with E-state index in [1.54, 1.807) is 22.7 Å². The number of thioether (sulfide) groups is 1. The van der Waals surface area contributed by atoms with E-state index in [4.69, 9.17) is 5.73 Å². The van der Waals surface area contributed by atoms with Crippen molar-refractivity contribution in [3.8, 4) is 0 Å². The van der Waals surface area contributed by atoms with Crippen LogP contribution in [0, 0.1) is 13.8 Å². The highest BCUT2D eigenvalue weighted by atomic mass is 32.2. The lowest BCUT2D eigenvalue weighted by Crippen LogP contribution is -2.15. The number of hydrogen-bond donors (Lipinski definition) is 2. The average Bonchev–Trinajstić information content (AvgIpc) is 2.91. The smallest absolute Gasteiger partial charge is 0.234 e. The molecule has 0 atom stereocenters. The molecule has 1 amide bonds. The van der Waals surface area contributed by atoms with E-state index in [0.29, 0.717) is 16.5 Å². The third-order valence-corrected chi connectivity index (χ3v) is 4.34. The summed E-state index contributed by atoms with van der Waals surface area (Å²) < 4.78 is 1.78. The number of carbonyl (C=O) groups excluding carboxylic acids is 1. The third-order valence-electron chi connectivity index (χ3n) is 3.39. The first-order valence-corrected chi connectivity index (χ1v) is 8.11. The van der Waals surface area contributed by atoms with Crippen LogP contribution in [0.4, 0.5) is 11.4 Å². The van der Waals surface area contributed by atoms with Crippen molar-refractivity contribution in [1.82, 2.24) is 14.6 Å². The number of nitrogens with two attached hydrogens (primary N) is 1.